The van der Waals surface area contributed by atoms with E-state index in [9.17, 15) is 4.79 Å². The number of carbonyl (C=O) groups is 1. The topological polar surface area (TPSA) is 53.8 Å². The van der Waals surface area contributed by atoms with E-state index in [0.29, 0.717) is 17.8 Å². The Bertz CT molecular complexity index is 668. The fraction of sp³-hybridized carbons (Fsp3) is 0.810. The van der Waals surface area contributed by atoms with Crippen LogP contribution in [0.2, 0.25) is 0 Å². The number of aromatic nitrogens is 2. The van der Waals surface area contributed by atoms with Crippen LogP contribution >= 0.6 is 0 Å². The third kappa shape index (κ3) is 4.42. The number of amides is 1. The zero-order valence-electron chi connectivity index (χ0n) is 17.5. The van der Waals surface area contributed by atoms with Crippen LogP contribution in [0.25, 0.3) is 0 Å². The molecule has 4 heterocycles. The Kier molecular flexibility index (Phi) is 6.33. The molecule has 0 N–H and O–H groups in total. The minimum atomic E-state index is 0.129. The molecule has 1 amide bonds. The van der Waals surface area contributed by atoms with Crippen LogP contribution in [0.5, 0.6) is 0 Å². The standard InChI is InChI=1S/C21H35N5O2/c1-17(2)24-9-10-26-19(16-24)15-20(22-26)21(27)25-7-4-3-5-18(25)6-8-23-11-13-28-14-12-23/h15,17-18H,3-14,16H2,1-2H3/t18-/m1/s1. The van der Waals surface area contributed by atoms with Gasteiger partial charge in [0.15, 0.2) is 5.69 Å². The Hall–Kier alpha value is -1.44. The number of piperidine rings is 1. The van der Waals surface area contributed by atoms with Gasteiger partial charge in [0, 0.05) is 51.4 Å². The second-order valence-corrected chi connectivity index (χ2v) is 8.70. The first-order chi connectivity index (χ1) is 13.6. The van der Waals surface area contributed by atoms with Gasteiger partial charge in [-0.1, -0.05) is 0 Å². The molecular formula is C21H35N5O2. The molecule has 1 aromatic rings. The number of fused-ring (bicyclic) bond motifs is 1. The number of rotatable bonds is 5. The zero-order chi connectivity index (χ0) is 19.5. The van der Waals surface area contributed by atoms with E-state index in [4.69, 9.17) is 4.74 Å². The molecule has 3 aliphatic heterocycles. The van der Waals surface area contributed by atoms with Crippen LogP contribution in [0.4, 0.5) is 0 Å². The van der Waals surface area contributed by atoms with Crippen LogP contribution in [-0.4, -0.2) is 88.4 Å². The molecule has 2 saturated heterocycles. The molecule has 7 nitrogen and oxygen atoms in total. The van der Waals surface area contributed by atoms with Crippen molar-refractivity contribution in [3.8, 4) is 0 Å². The monoisotopic (exact) mass is 389 g/mol. The van der Waals surface area contributed by atoms with E-state index < -0.39 is 0 Å². The van der Waals surface area contributed by atoms with Gasteiger partial charge in [0.05, 0.1) is 25.5 Å². The molecule has 1 aromatic heterocycles. The molecule has 1 atom stereocenters. The summed E-state index contributed by atoms with van der Waals surface area (Å²) in [5, 5.41) is 4.68. The summed E-state index contributed by atoms with van der Waals surface area (Å²) >= 11 is 0. The fourth-order valence-electron chi connectivity index (χ4n) is 4.70. The molecule has 0 radical (unpaired) electrons. The lowest BCUT2D eigenvalue weighted by atomic mass is 9.98. The third-order valence-corrected chi connectivity index (χ3v) is 6.55. The molecule has 2 fully saturated rings. The highest BCUT2D eigenvalue weighted by Crippen LogP contribution is 2.24. The first-order valence-electron chi connectivity index (χ1n) is 11.0. The summed E-state index contributed by atoms with van der Waals surface area (Å²) in [6, 6.07) is 2.90. The number of morpholine rings is 1. The highest BCUT2D eigenvalue weighted by Gasteiger charge is 2.30. The van der Waals surface area contributed by atoms with Crippen molar-refractivity contribution in [1.29, 1.82) is 0 Å². The van der Waals surface area contributed by atoms with Crippen LogP contribution in [0.1, 0.15) is 55.7 Å². The van der Waals surface area contributed by atoms with E-state index in [2.05, 4.69) is 33.6 Å². The number of hydrogen-bond donors (Lipinski definition) is 0. The number of ether oxygens (including phenoxy) is 1. The minimum Gasteiger partial charge on any atom is -0.379 e. The molecule has 0 spiro atoms. The van der Waals surface area contributed by atoms with Gasteiger partial charge in [-0.15, -0.1) is 0 Å². The van der Waals surface area contributed by atoms with Crippen molar-refractivity contribution >= 4 is 5.91 Å². The smallest absolute Gasteiger partial charge is 0.274 e. The van der Waals surface area contributed by atoms with E-state index in [1.807, 2.05) is 10.7 Å². The van der Waals surface area contributed by atoms with Crippen molar-refractivity contribution < 1.29 is 9.53 Å². The molecule has 4 rings (SSSR count). The lowest BCUT2D eigenvalue weighted by molar-refractivity contribution is 0.0294. The highest BCUT2D eigenvalue weighted by atomic mass is 16.5. The Morgan fingerprint density at radius 1 is 1.18 bits per heavy atom. The van der Waals surface area contributed by atoms with Crippen molar-refractivity contribution in [2.45, 2.75) is 64.7 Å². The summed E-state index contributed by atoms with van der Waals surface area (Å²) in [5.74, 6) is 0.129. The van der Waals surface area contributed by atoms with E-state index in [1.165, 1.54) is 12.1 Å². The predicted molar refractivity (Wildman–Crippen MR) is 108 cm³/mol. The van der Waals surface area contributed by atoms with E-state index in [1.54, 1.807) is 0 Å². The summed E-state index contributed by atoms with van der Waals surface area (Å²) < 4.78 is 7.49. The lowest BCUT2D eigenvalue weighted by Crippen LogP contribution is -2.46. The van der Waals surface area contributed by atoms with Crippen molar-refractivity contribution in [3.05, 3.63) is 17.5 Å². The fourth-order valence-corrected chi connectivity index (χ4v) is 4.70. The zero-order valence-corrected chi connectivity index (χ0v) is 17.5. The van der Waals surface area contributed by atoms with Crippen LogP contribution in [0.3, 0.4) is 0 Å². The molecule has 156 valence electrons. The van der Waals surface area contributed by atoms with Crippen LogP contribution < -0.4 is 0 Å². The summed E-state index contributed by atoms with van der Waals surface area (Å²) in [5.41, 5.74) is 1.81. The Morgan fingerprint density at radius 2 is 2.00 bits per heavy atom. The minimum absolute atomic E-state index is 0.129. The number of likely N-dealkylation sites (tertiary alicyclic amines) is 1. The second-order valence-electron chi connectivity index (χ2n) is 8.70. The molecule has 3 aliphatic rings. The number of carbonyl (C=O) groups excluding carboxylic acids is 1. The van der Waals surface area contributed by atoms with E-state index in [0.717, 1.165) is 78.3 Å². The molecule has 28 heavy (non-hydrogen) atoms. The Morgan fingerprint density at radius 3 is 2.79 bits per heavy atom. The van der Waals surface area contributed by atoms with Gasteiger partial charge in [-0.05, 0) is 45.6 Å². The Labute approximate surface area is 168 Å². The molecule has 0 aliphatic carbocycles. The normalized spacial score (nSPS) is 24.5. The average molecular weight is 390 g/mol. The second kappa shape index (κ2) is 8.93. The maximum Gasteiger partial charge on any atom is 0.274 e. The maximum atomic E-state index is 13.3. The summed E-state index contributed by atoms with van der Waals surface area (Å²) in [7, 11) is 0. The van der Waals surface area contributed by atoms with Crippen LogP contribution in [-0.2, 0) is 17.8 Å². The largest absolute Gasteiger partial charge is 0.379 e. The lowest BCUT2D eigenvalue weighted by Gasteiger charge is -2.37. The third-order valence-electron chi connectivity index (χ3n) is 6.55. The van der Waals surface area contributed by atoms with Gasteiger partial charge in [-0.2, -0.15) is 5.10 Å². The first-order valence-corrected chi connectivity index (χ1v) is 11.0. The predicted octanol–water partition coefficient (Wildman–Crippen LogP) is 1.82. The quantitative estimate of drug-likeness (QED) is 0.769. The van der Waals surface area contributed by atoms with Gasteiger partial charge in [0.25, 0.3) is 5.91 Å². The molecule has 0 unspecified atom stereocenters. The van der Waals surface area contributed by atoms with Crippen molar-refractivity contribution in [3.63, 3.8) is 0 Å². The van der Waals surface area contributed by atoms with E-state index in [-0.39, 0.29) is 5.91 Å². The number of hydrogen-bond acceptors (Lipinski definition) is 5. The molecule has 7 heteroatoms. The Balaban J connectivity index is 1.41. The molecule has 0 saturated carbocycles. The summed E-state index contributed by atoms with van der Waals surface area (Å²) in [6.45, 7) is 12.8. The highest BCUT2D eigenvalue weighted by molar-refractivity contribution is 5.92. The number of nitrogens with zero attached hydrogens (tertiary/aromatic N) is 5. The van der Waals surface area contributed by atoms with Gasteiger partial charge < -0.3 is 9.64 Å². The van der Waals surface area contributed by atoms with Crippen molar-refractivity contribution in [1.82, 2.24) is 24.5 Å². The SMILES string of the molecule is CC(C)N1CCn2nc(C(=O)N3CCCC[C@@H]3CCN3CCOCC3)cc2C1. The van der Waals surface area contributed by atoms with Gasteiger partial charge in [-0.25, -0.2) is 0 Å². The van der Waals surface area contributed by atoms with Gasteiger partial charge >= 0.3 is 0 Å². The van der Waals surface area contributed by atoms with Crippen LogP contribution in [0.15, 0.2) is 6.07 Å². The van der Waals surface area contributed by atoms with Gasteiger partial charge in [-0.3, -0.25) is 19.3 Å². The average Bonchev–Trinajstić information content (AvgIpc) is 3.16. The van der Waals surface area contributed by atoms with Crippen molar-refractivity contribution in [2.24, 2.45) is 0 Å². The first kappa shape index (κ1) is 19.9. The molecule has 0 bridgehead atoms. The molecular weight excluding hydrogens is 354 g/mol. The van der Waals surface area contributed by atoms with Gasteiger partial charge in [0.2, 0.25) is 0 Å². The van der Waals surface area contributed by atoms with Crippen LogP contribution in [0, 0.1) is 0 Å². The van der Waals surface area contributed by atoms with Crippen molar-refractivity contribution in [2.75, 3.05) is 45.9 Å². The summed E-state index contributed by atoms with van der Waals surface area (Å²) in [6.07, 6.45) is 4.50. The molecule has 0 aromatic carbocycles. The summed E-state index contributed by atoms with van der Waals surface area (Å²) in [4.78, 5) is 20.3. The van der Waals surface area contributed by atoms with E-state index >= 15 is 0 Å². The van der Waals surface area contributed by atoms with Gasteiger partial charge in [0.1, 0.15) is 0 Å². The maximum absolute atomic E-state index is 13.3.